The summed E-state index contributed by atoms with van der Waals surface area (Å²) in [6, 6.07) is 6.48. The minimum Gasteiger partial charge on any atom is -0.489 e. The molecule has 6 nitrogen and oxygen atoms in total. The zero-order valence-corrected chi connectivity index (χ0v) is 18.7. The lowest BCUT2D eigenvalue weighted by molar-refractivity contribution is -0.136. The molecule has 1 aromatic carbocycles. The van der Waals surface area contributed by atoms with E-state index >= 15 is 0 Å². The molecule has 3 rings (SSSR count). The number of guanidine groups is 1. The first kappa shape index (κ1) is 22.7. The van der Waals surface area contributed by atoms with Gasteiger partial charge in [0.25, 0.3) is 0 Å². The molecule has 1 aromatic rings. The smallest absolute Gasteiger partial charge is 0.225 e. The SMILES string of the molecule is CN=C(NCC(C)Oc1cccc(F)c1)NC1CCC(C(=O)N2CCSCC2)CC1. The highest BCUT2D eigenvalue weighted by Crippen LogP contribution is 2.27. The maximum Gasteiger partial charge on any atom is 0.225 e. The van der Waals surface area contributed by atoms with Crippen molar-refractivity contribution in [2.75, 3.05) is 38.2 Å². The van der Waals surface area contributed by atoms with Crippen LogP contribution >= 0.6 is 11.8 Å². The van der Waals surface area contributed by atoms with Gasteiger partial charge in [0.1, 0.15) is 17.7 Å². The quantitative estimate of drug-likeness (QED) is 0.530. The van der Waals surface area contributed by atoms with E-state index in [1.165, 1.54) is 12.1 Å². The molecule has 8 heteroatoms. The standard InChI is InChI=1S/C22H33FN4O2S/c1-16(29-20-5-3-4-18(23)14-20)15-25-22(24-2)26-19-8-6-17(7-9-19)21(28)27-10-12-30-13-11-27/h3-5,14,16-17,19H,6-13,15H2,1-2H3,(H2,24,25,26). The van der Waals surface area contributed by atoms with E-state index in [1.807, 2.05) is 18.7 Å². The molecule has 0 aromatic heterocycles. The zero-order valence-electron chi connectivity index (χ0n) is 17.9. The van der Waals surface area contributed by atoms with Crippen LogP contribution in [0, 0.1) is 11.7 Å². The molecule has 0 spiro atoms. The summed E-state index contributed by atoms with van der Waals surface area (Å²) in [5, 5.41) is 6.75. The normalized spacial score (nSPS) is 23.6. The second kappa shape index (κ2) is 11.4. The van der Waals surface area contributed by atoms with Crippen molar-refractivity contribution in [3.63, 3.8) is 0 Å². The van der Waals surface area contributed by atoms with E-state index in [0.29, 0.717) is 24.2 Å². The first-order valence-electron chi connectivity index (χ1n) is 10.8. The van der Waals surface area contributed by atoms with Crippen LogP contribution in [-0.2, 0) is 4.79 Å². The first-order chi connectivity index (χ1) is 14.5. The number of thioether (sulfide) groups is 1. The number of hydrogen-bond acceptors (Lipinski definition) is 4. The second-order valence-electron chi connectivity index (χ2n) is 7.97. The Labute approximate surface area is 183 Å². The molecule has 1 aliphatic heterocycles. The predicted octanol–water partition coefficient (Wildman–Crippen LogP) is 2.89. The second-order valence-corrected chi connectivity index (χ2v) is 9.19. The van der Waals surface area contributed by atoms with Gasteiger partial charge in [-0.3, -0.25) is 9.79 Å². The number of rotatable bonds is 6. The number of hydrogen-bond donors (Lipinski definition) is 2. The first-order valence-corrected chi connectivity index (χ1v) is 12.0. The van der Waals surface area contributed by atoms with Crippen LogP contribution in [0.5, 0.6) is 5.75 Å². The largest absolute Gasteiger partial charge is 0.489 e. The van der Waals surface area contributed by atoms with Crippen LogP contribution in [0.3, 0.4) is 0 Å². The van der Waals surface area contributed by atoms with Crippen molar-refractivity contribution in [2.24, 2.45) is 10.9 Å². The van der Waals surface area contributed by atoms with Gasteiger partial charge in [-0.2, -0.15) is 11.8 Å². The number of amides is 1. The molecule has 1 aliphatic carbocycles. The third-order valence-electron chi connectivity index (χ3n) is 5.65. The fourth-order valence-corrected chi connectivity index (χ4v) is 4.87. The molecule has 1 saturated carbocycles. The highest BCUT2D eigenvalue weighted by molar-refractivity contribution is 7.99. The number of benzene rings is 1. The number of carbonyl (C=O) groups excluding carboxylic acids is 1. The molecular formula is C22H33FN4O2S. The maximum absolute atomic E-state index is 13.3. The molecule has 1 atom stereocenters. The lowest BCUT2D eigenvalue weighted by atomic mass is 9.85. The van der Waals surface area contributed by atoms with Crippen molar-refractivity contribution in [3.8, 4) is 5.75 Å². The third-order valence-corrected chi connectivity index (χ3v) is 6.60. The highest BCUT2D eigenvalue weighted by atomic mass is 32.2. The summed E-state index contributed by atoms with van der Waals surface area (Å²) >= 11 is 1.93. The Morgan fingerprint density at radius 1 is 1.30 bits per heavy atom. The van der Waals surface area contributed by atoms with Gasteiger partial charge in [0.2, 0.25) is 5.91 Å². The Bertz CT molecular complexity index is 719. The van der Waals surface area contributed by atoms with Gasteiger partial charge in [-0.05, 0) is 44.7 Å². The summed E-state index contributed by atoms with van der Waals surface area (Å²) in [6.45, 7) is 4.28. The Morgan fingerprint density at radius 2 is 2.03 bits per heavy atom. The van der Waals surface area contributed by atoms with Crippen molar-refractivity contribution in [3.05, 3.63) is 30.1 Å². The van der Waals surface area contributed by atoms with Crippen LogP contribution in [0.4, 0.5) is 4.39 Å². The lowest BCUT2D eigenvalue weighted by Crippen LogP contribution is -2.48. The molecule has 1 saturated heterocycles. The fraction of sp³-hybridized carbons (Fsp3) is 0.636. The predicted molar refractivity (Wildman–Crippen MR) is 121 cm³/mol. The summed E-state index contributed by atoms with van der Waals surface area (Å²) in [5.74, 6) is 3.58. The summed E-state index contributed by atoms with van der Waals surface area (Å²) < 4.78 is 19.0. The van der Waals surface area contributed by atoms with Crippen molar-refractivity contribution < 1.29 is 13.9 Å². The highest BCUT2D eigenvalue weighted by Gasteiger charge is 2.30. The monoisotopic (exact) mass is 436 g/mol. The van der Waals surface area contributed by atoms with Crippen molar-refractivity contribution in [1.82, 2.24) is 15.5 Å². The van der Waals surface area contributed by atoms with Crippen LogP contribution in [0.15, 0.2) is 29.3 Å². The number of ether oxygens (including phenoxy) is 1. The number of halogens is 1. The van der Waals surface area contributed by atoms with Gasteiger partial charge >= 0.3 is 0 Å². The van der Waals surface area contributed by atoms with Crippen molar-refractivity contribution in [2.45, 2.75) is 44.8 Å². The van der Waals surface area contributed by atoms with Gasteiger partial charge in [-0.15, -0.1) is 0 Å². The van der Waals surface area contributed by atoms with Gasteiger partial charge in [0, 0.05) is 49.7 Å². The molecule has 2 aliphatic rings. The van der Waals surface area contributed by atoms with Gasteiger partial charge in [-0.25, -0.2) is 4.39 Å². The summed E-state index contributed by atoms with van der Waals surface area (Å²) in [6.07, 6.45) is 3.65. The summed E-state index contributed by atoms with van der Waals surface area (Å²) in [7, 11) is 1.75. The molecule has 2 fully saturated rings. The molecule has 1 unspecified atom stereocenters. The van der Waals surface area contributed by atoms with Gasteiger partial charge in [0.15, 0.2) is 5.96 Å². The number of aliphatic imine (C=N–C) groups is 1. The third kappa shape index (κ3) is 6.79. The molecule has 2 N–H and O–H groups in total. The average Bonchev–Trinajstić information content (AvgIpc) is 2.77. The average molecular weight is 437 g/mol. The van der Waals surface area contributed by atoms with E-state index in [4.69, 9.17) is 4.74 Å². The number of carbonyl (C=O) groups is 1. The van der Waals surface area contributed by atoms with Gasteiger partial charge in [0.05, 0.1) is 6.54 Å². The summed E-state index contributed by atoms with van der Waals surface area (Å²) in [5.41, 5.74) is 0. The van der Waals surface area contributed by atoms with Gasteiger partial charge < -0.3 is 20.3 Å². The maximum atomic E-state index is 13.3. The van der Waals surface area contributed by atoms with Gasteiger partial charge in [-0.1, -0.05) is 6.07 Å². The van der Waals surface area contributed by atoms with E-state index < -0.39 is 0 Å². The molecule has 1 heterocycles. The Hall–Kier alpha value is -1.96. The molecular weight excluding hydrogens is 403 g/mol. The van der Waals surface area contributed by atoms with Crippen LogP contribution in [-0.4, -0.2) is 67.1 Å². The van der Waals surface area contributed by atoms with Crippen LogP contribution < -0.4 is 15.4 Å². The summed E-state index contributed by atoms with van der Waals surface area (Å²) in [4.78, 5) is 19.1. The van der Waals surface area contributed by atoms with Crippen molar-refractivity contribution >= 4 is 23.6 Å². The van der Waals surface area contributed by atoms with E-state index in [1.54, 1.807) is 19.2 Å². The molecule has 0 bridgehead atoms. The molecule has 1 amide bonds. The van der Waals surface area contributed by atoms with Crippen LogP contribution in [0.2, 0.25) is 0 Å². The van der Waals surface area contributed by atoms with Crippen molar-refractivity contribution in [1.29, 1.82) is 0 Å². The number of nitrogens with one attached hydrogen (secondary N) is 2. The van der Waals surface area contributed by atoms with Crippen LogP contribution in [0.25, 0.3) is 0 Å². The van der Waals surface area contributed by atoms with E-state index in [-0.39, 0.29) is 17.8 Å². The molecule has 0 radical (unpaired) electrons. The van der Waals surface area contributed by atoms with E-state index in [0.717, 1.165) is 56.2 Å². The zero-order chi connectivity index (χ0) is 21.3. The fourth-order valence-electron chi connectivity index (χ4n) is 3.97. The molecule has 166 valence electrons. The Morgan fingerprint density at radius 3 is 2.70 bits per heavy atom. The topological polar surface area (TPSA) is 66.0 Å². The van der Waals surface area contributed by atoms with Crippen LogP contribution in [0.1, 0.15) is 32.6 Å². The van der Waals surface area contributed by atoms with E-state index in [9.17, 15) is 9.18 Å². The lowest BCUT2D eigenvalue weighted by Gasteiger charge is -2.34. The molecule has 30 heavy (non-hydrogen) atoms. The minimum atomic E-state index is -0.307. The Balaban J connectivity index is 1.38. The number of nitrogens with zero attached hydrogens (tertiary/aromatic N) is 2. The Kier molecular flexibility index (Phi) is 8.66. The van der Waals surface area contributed by atoms with E-state index in [2.05, 4.69) is 20.5 Å². The minimum absolute atomic E-state index is 0.138.